The Kier molecular flexibility index (Phi) is 8.59. The first-order chi connectivity index (χ1) is 13.6. The highest BCUT2D eigenvalue weighted by atomic mass is 35.5. The summed E-state index contributed by atoms with van der Waals surface area (Å²) in [6, 6.07) is 5.65. The Morgan fingerprint density at radius 1 is 1.24 bits per heavy atom. The number of carbonyl (C=O) groups is 2. The second-order valence-electron chi connectivity index (χ2n) is 7.46. The Labute approximate surface area is 179 Å². The fourth-order valence-corrected chi connectivity index (χ4v) is 4.18. The molecule has 2 amide bonds. The van der Waals surface area contributed by atoms with Gasteiger partial charge in [0.1, 0.15) is 11.5 Å². The van der Waals surface area contributed by atoms with Crippen LogP contribution in [0.3, 0.4) is 0 Å². The molecule has 2 fully saturated rings. The molecule has 0 spiro atoms. The minimum absolute atomic E-state index is 0. The fraction of sp³-hybridized carbons (Fsp3) is 0.619. The van der Waals surface area contributed by atoms with Gasteiger partial charge >= 0.3 is 0 Å². The summed E-state index contributed by atoms with van der Waals surface area (Å²) >= 11 is 0. The molecule has 2 saturated heterocycles. The van der Waals surface area contributed by atoms with Crippen LogP contribution in [0.5, 0.6) is 11.5 Å². The van der Waals surface area contributed by atoms with Crippen molar-refractivity contribution in [1.82, 2.24) is 10.2 Å². The minimum Gasteiger partial charge on any atom is -0.497 e. The van der Waals surface area contributed by atoms with Crippen molar-refractivity contribution >= 4 is 29.9 Å². The Balaban J connectivity index is 0.00000300. The van der Waals surface area contributed by atoms with Crippen molar-refractivity contribution in [3.63, 3.8) is 0 Å². The van der Waals surface area contributed by atoms with Gasteiger partial charge in [0.05, 0.1) is 25.8 Å². The number of nitrogens with one attached hydrogen (secondary N) is 1. The maximum absolute atomic E-state index is 13.3. The Hall–Kier alpha value is -1.99. The standard InChI is InChI=1S/C21H31N3O4.ClH/c1-4-11-23(16-7-9-22-10-8-16)21(26)15-12-20(25)24(14-15)18-6-5-17(27-2)13-19(18)28-3;/h5-6,13,15-16,22H,4,7-12,14H2,1-3H3;1H. The molecular formula is C21H32ClN3O4. The van der Waals surface area contributed by atoms with Crippen LogP contribution in [0.4, 0.5) is 5.69 Å². The lowest BCUT2D eigenvalue weighted by molar-refractivity contribution is -0.138. The number of rotatable bonds is 7. The van der Waals surface area contributed by atoms with Gasteiger partial charge in [0.15, 0.2) is 0 Å². The minimum atomic E-state index is -0.305. The third kappa shape index (κ3) is 5.14. The second-order valence-corrected chi connectivity index (χ2v) is 7.46. The monoisotopic (exact) mass is 425 g/mol. The van der Waals surface area contributed by atoms with Crippen molar-refractivity contribution in [3.8, 4) is 11.5 Å². The first-order valence-electron chi connectivity index (χ1n) is 10.1. The number of hydrogen-bond donors (Lipinski definition) is 1. The molecule has 1 aromatic rings. The number of anilines is 1. The number of halogens is 1. The van der Waals surface area contributed by atoms with Gasteiger partial charge in [0.25, 0.3) is 0 Å². The van der Waals surface area contributed by atoms with Crippen LogP contribution in [-0.4, -0.2) is 63.2 Å². The van der Waals surface area contributed by atoms with Crippen LogP contribution in [0.15, 0.2) is 18.2 Å². The number of amides is 2. The van der Waals surface area contributed by atoms with Gasteiger partial charge in [0.2, 0.25) is 11.8 Å². The summed E-state index contributed by atoms with van der Waals surface area (Å²) < 4.78 is 10.7. The third-order valence-corrected chi connectivity index (χ3v) is 5.65. The van der Waals surface area contributed by atoms with E-state index in [2.05, 4.69) is 12.2 Å². The lowest BCUT2D eigenvalue weighted by atomic mass is 10.0. The lowest BCUT2D eigenvalue weighted by Crippen LogP contribution is -2.48. The van der Waals surface area contributed by atoms with Crippen molar-refractivity contribution in [2.75, 3.05) is 45.3 Å². The van der Waals surface area contributed by atoms with Gasteiger partial charge in [-0.25, -0.2) is 0 Å². The lowest BCUT2D eigenvalue weighted by Gasteiger charge is -2.36. The van der Waals surface area contributed by atoms with Gasteiger partial charge in [-0.05, 0) is 44.5 Å². The quantitative estimate of drug-likeness (QED) is 0.726. The van der Waals surface area contributed by atoms with Gasteiger partial charge in [0, 0.05) is 31.6 Å². The van der Waals surface area contributed by atoms with Gasteiger partial charge in [-0.1, -0.05) is 6.92 Å². The summed E-state index contributed by atoms with van der Waals surface area (Å²) in [5.41, 5.74) is 0.688. The summed E-state index contributed by atoms with van der Waals surface area (Å²) in [5, 5.41) is 3.35. The summed E-state index contributed by atoms with van der Waals surface area (Å²) in [6.07, 6.45) is 3.12. The SMILES string of the molecule is CCCN(C(=O)C1CC(=O)N(c2ccc(OC)cc2OC)C1)C1CCNCC1.Cl. The van der Waals surface area contributed by atoms with Crippen molar-refractivity contribution in [2.45, 2.75) is 38.6 Å². The predicted molar refractivity (Wildman–Crippen MR) is 115 cm³/mol. The van der Waals surface area contributed by atoms with E-state index in [0.29, 0.717) is 23.7 Å². The van der Waals surface area contributed by atoms with Crippen molar-refractivity contribution in [3.05, 3.63) is 18.2 Å². The molecule has 1 atom stereocenters. The van der Waals surface area contributed by atoms with Crippen LogP contribution >= 0.6 is 12.4 Å². The number of methoxy groups -OCH3 is 2. The Morgan fingerprint density at radius 3 is 2.59 bits per heavy atom. The van der Waals surface area contributed by atoms with E-state index in [1.54, 1.807) is 31.3 Å². The van der Waals surface area contributed by atoms with Gasteiger partial charge in [-0.3, -0.25) is 9.59 Å². The van der Waals surface area contributed by atoms with Crippen LogP contribution in [0.1, 0.15) is 32.6 Å². The molecule has 0 radical (unpaired) electrons. The van der Waals surface area contributed by atoms with Crippen LogP contribution in [0.2, 0.25) is 0 Å². The van der Waals surface area contributed by atoms with Crippen LogP contribution < -0.4 is 19.7 Å². The van der Waals surface area contributed by atoms with Gasteiger partial charge in [-0.15, -0.1) is 12.4 Å². The largest absolute Gasteiger partial charge is 0.497 e. The maximum Gasteiger partial charge on any atom is 0.228 e. The van der Waals surface area contributed by atoms with E-state index in [-0.39, 0.29) is 42.6 Å². The molecular weight excluding hydrogens is 394 g/mol. The summed E-state index contributed by atoms with van der Waals surface area (Å²) in [7, 11) is 3.16. The topological polar surface area (TPSA) is 71.1 Å². The molecule has 0 bridgehead atoms. The van der Waals surface area contributed by atoms with E-state index in [1.807, 2.05) is 11.0 Å². The van der Waals surface area contributed by atoms with E-state index in [9.17, 15) is 9.59 Å². The molecule has 0 aromatic heterocycles. The molecule has 7 nitrogen and oxygen atoms in total. The van der Waals surface area contributed by atoms with Crippen LogP contribution in [0, 0.1) is 5.92 Å². The first kappa shape index (κ1) is 23.3. The maximum atomic E-state index is 13.3. The number of ether oxygens (including phenoxy) is 2. The van der Waals surface area contributed by atoms with Crippen molar-refractivity contribution in [1.29, 1.82) is 0 Å². The van der Waals surface area contributed by atoms with Crippen LogP contribution in [-0.2, 0) is 9.59 Å². The second kappa shape index (κ2) is 10.7. The van der Waals surface area contributed by atoms with Crippen LogP contribution in [0.25, 0.3) is 0 Å². The highest BCUT2D eigenvalue weighted by Gasteiger charge is 2.39. The predicted octanol–water partition coefficient (Wildman–Crippen LogP) is 2.47. The molecule has 2 aliphatic rings. The van der Waals surface area contributed by atoms with Crippen molar-refractivity contribution < 1.29 is 19.1 Å². The van der Waals surface area contributed by atoms with Gasteiger partial charge < -0.3 is 24.6 Å². The number of benzene rings is 1. The summed E-state index contributed by atoms with van der Waals surface area (Å²) in [6.45, 7) is 5.12. The molecule has 29 heavy (non-hydrogen) atoms. The zero-order chi connectivity index (χ0) is 20.1. The number of carbonyl (C=O) groups excluding carboxylic acids is 2. The normalized spacial score (nSPS) is 19.6. The molecule has 2 heterocycles. The zero-order valence-electron chi connectivity index (χ0n) is 17.5. The average Bonchev–Trinajstić information content (AvgIpc) is 3.13. The van der Waals surface area contributed by atoms with Crippen molar-refractivity contribution in [2.24, 2.45) is 5.92 Å². The molecule has 2 aliphatic heterocycles. The molecule has 8 heteroatoms. The highest BCUT2D eigenvalue weighted by Crippen LogP contribution is 2.36. The first-order valence-corrected chi connectivity index (χ1v) is 10.1. The average molecular weight is 426 g/mol. The van der Waals surface area contributed by atoms with E-state index in [1.165, 1.54) is 0 Å². The summed E-state index contributed by atoms with van der Waals surface area (Å²) in [4.78, 5) is 29.7. The molecule has 1 aromatic carbocycles. The smallest absolute Gasteiger partial charge is 0.228 e. The van der Waals surface area contributed by atoms with Gasteiger partial charge in [-0.2, -0.15) is 0 Å². The number of piperidine rings is 1. The fourth-order valence-electron chi connectivity index (χ4n) is 4.18. The van der Waals surface area contributed by atoms with E-state index < -0.39 is 0 Å². The van der Waals surface area contributed by atoms with E-state index >= 15 is 0 Å². The molecule has 162 valence electrons. The molecule has 1 unspecified atom stereocenters. The molecule has 0 saturated carbocycles. The molecule has 0 aliphatic carbocycles. The third-order valence-electron chi connectivity index (χ3n) is 5.65. The zero-order valence-corrected chi connectivity index (χ0v) is 18.3. The number of hydrogen-bond acceptors (Lipinski definition) is 5. The Bertz CT molecular complexity index is 709. The highest BCUT2D eigenvalue weighted by molar-refractivity contribution is 6.01. The molecule has 3 rings (SSSR count). The molecule has 1 N–H and O–H groups in total. The summed E-state index contributed by atoms with van der Waals surface area (Å²) in [5.74, 6) is 1.01. The van der Waals surface area contributed by atoms with E-state index in [4.69, 9.17) is 9.47 Å². The Morgan fingerprint density at radius 2 is 1.97 bits per heavy atom. The number of nitrogens with zero attached hydrogens (tertiary/aromatic N) is 2. The van der Waals surface area contributed by atoms with E-state index in [0.717, 1.165) is 38.9 Å².